The number of nitrogens with one attached hydrogen (secondary N) is 1. The third kappa shape index (κ3) is 3.04. The van der Waals surface area contributed by atoms with Crippen LogP contribution in [0.15, 0.2) is 43.0 Å². The summed E-state index contributed by atoms with van der Waals surface area (Å²) in [6.45, 7) is 1.69. The average molecular weight is 323 g/mol. The van der Waals surface area contributed by atoms with Crippen LogP contribution in [0.3, 0.4) is 0 Å². The number of para-hydroxylation sites is 2. The number of fused-ring (bicyclic) bond motifs is 1. The van der Waals surface area contributed by atoms with E-state index in [0.717, 1.165) is 42.8 Å². The Morgan fingerprint density at radius 1 is 1.33 bits per heavy atom. The highest BCUT2D eigenvalue weighted by molar-refractivity contribution is 5.78. The number of carbonyl (C=O) groups excluding carboxylic acids is 1. The van der Waals surface area contributed by atoms with Crippen molar-refractivity contribution in [3.63, 3.8) is 0 Å². The number of amides is 1. The lowest BCUT2D eigenvalue weighted by Gasteiger charge is -2.25. The molecule has 124 valence electrons. The number of hydrogen-bond acceptors (Lipinski definition) is 3. The summed E-state index contributed by atoms with van der Waals surface area (Å²) in [7, 11) is 0. The van der Waals surface area contributed by atoms with Gasteiger partial charge in [0.15, 0.2) is 0 Å². The van der Waals surface area contributed by atoms with Crippen molar-refractivity contribution in [1.82, 2.24) is 24.4 Å². The Kier molecular flexibility index (Phi) is 4.02. The minimum Gasteiger partial charge on any atom is -0.342 e. The van der Waals surface area contributed by atoms with Gasteiger partial charge in [0.2, 0.25) is 5.91 Å². The molecule has 1 saturated heterocycles. The van der Waals surface area contributed by atoms with E-state index in [0.29, 0.717) is 12.8 Å². The first-order valence-corrected chi connectivity index (χ1v) is 8.48. The lowest BCUT2D eigenvalue weighted by atomic mass is 10.2. The third-order valence-electron chi connectivity index (χ3n) is 4.69. The number of imidazole rings is 2. The molecule has 1 aliphatic rings. The molecule has 0 spiro atoms. The molecule has 24 heavy (non-hydrogen) atoms. The van der Waals surface area contributed by atoms with Crippen LogP contribution in [-0.4, -0.2) is 42.9 Å². The molecular formula is C18H21N5O. The van der Waals surface area contributed by atoms with Gasteiger partial charge in [0.1, 0.15) is 5.82 Å². The van der Waals surface area contributed by atoms with Crippen LogP contribution in [0, 0.1) is 0 Å². The molecule has 2 aromatic heterocycles. The first-order chi connectivity index (χ1) is 11.8. The van der Waals surface area contributed by atoms with Gasteiger partial charge in [-0.05, 0) is 25.0 Å². The van der Waals surface area contributed by atoms with Gasteiger partial charge in [-0.15, -0.1) is 0 Å². The maximum Gasteiger partial charge on any atom is 0.223 e. The summed E-state index contributed by atoms with van der Waals surface area (Å²) in [4.78, 5) is 26.6. The molecule has 1 aliphatic heterocycles. The van der Waals surface area contributed by atoms with E-state index >= 15 is 0 Å². The highest BCUT2D eigenvalue weighted by atomic mass is 16.2. The second kappa shape index (κ2) is 6.47. The maximum atomic E-state index is 12.6. The molecule has 0 radical (unpaired) electrons. The monoisotopic (exact) mass is 323 g/mol. The first-order valence-electron chi connectivity index (χ1n) is 8.48. The fourth-order valence-corrected chi connectivity index (χ4v) is 3.48. The molecule has 0 bridgehead atoms. The van der Waals surface area contributed by atoms with Crippen molar-refractivity contribution in [3.05, 3.63) is 48.8 Å². The molecule has 6 heteroatoms. The van der Waals surface area contributed by atoms with Crippen molar-refractivity contribution >= 4 is 16.9 Å². The third-order valence-corrected chi connectivity index (χ3v) is 4.69. The van der Waals surface area contributed by atoms with Crippen molar-refractivity contribution in [3.8, 4) is 0 Å². The van der Waals surface area contributed by atoms with Crippen molar-refractivity contribution in [2.45, 2.75) is 38.3 Å². The molecule has 0 unspecified atom stereocenters. The molecule has 1 atom stereocenters. The molecule has 1 aromatic carbocycles. The van der Waals surface area contributed by atoms with Gasteiger partial charge in [0, 0.05) is 44.4 Å². The highest BCUT2D eigenvalue weighted by Crippen LogP contribution is 2.20. The number of aromatic amines is 1. The SMILES string of the molecule is O=C(CCc1nc2ccccc2[nH]1)N1CCC[C@@H]1Cn1ccnc1. The van der Waals surface area contributed by atoms with E-state index < -0.39 is 0 Å². The van der Waals surface area contributed by atoms with E-state index in [1.165, 1.54) is 0 Å². The van der Waals surface area contributed by atoms with Gasteiger partial charge in [-0.25, -0.2) is 9.97 Å². The number of rotatable bonds is 5. The molecule has 0 saturated carbocycles. The average Bonchev–Trinajstić information content (AvgIpc) is 3.33. The van der Waals surface area contributed by atoms with E-state index in [2.05, 4.69) is 19.5 Å². The summed E-state index contributed by atoms with van der Waals surface area (Å²) in [5.74, 6) is 1.10. The minimum absolute atomic E-state index is 0.220. The summed E-state index contributed by atoms with van der Waals surface area (Å²) in [5, 5.41) is 0. The van der Waals surface area contributed by atoms with Crippen LogP contribution >= 0.6 is 0 Å². The van der Waals surface area contributed by atoms with Gasteiger partial charge < -0.3 is 14.5 Å². The standard InChI is InChI=1S/C18H21N5O/c24-18(8-7-17-20-15-5-1-2-6-16(15)21-17)23-10-3-4-14(23)12-22-11-9-19-13-22/h1-2,5-6,9,11,13-14H,3-4,7-8,10,12H2,(H,20,21)/t14-/m1/s1. The first kappa shape index (κ1) is 14.9. The highest BCUT2D eigenvalue weighted by Gasteiger charge is 2.28. The molecule has 6 nitrogen and oxygen atoms in total. The summed E-state index contributed by atoms with van der Waals surface area (Å²) in [6.07, 6.45) is 8.85. The largest absolute Gasteiger partial charge is 0.342 e. The van der Waals surface area contributed by atoms with E-state index in [4.69, 9.17) is 0 Å². The predicted octanol–water partition coefficient (Wildman–Crippen LogP) is 2.38. The number of benzene rings is 1. The summed E-state index contributed by atoms with van der Waals surface area (Å²) < 4.78 is 2.05. The van der Waals surface area contributed by atoms with Gasteiger partial charge in [0.05, 0.1) is 17.4 Å². The van der Waals surface area contributed by atoms with Crippen molar-refractivity contribution < 1.29 is 4.79 Å². The van der Waals surface area contributed by atoms with Gasteiger partial charge in [-0.2, -0.15) is 0 Å². The molecule has 4 rings (SSSR count). The van der Waals surface area contributed by atoms with E-state index in [1.54, 1.807) is 6.20 Å². The van der Waals surface area contributed by atoms with Crippen molar-refractivity contribution in [1.29, 1.82) is 0 Å². The van der Waals surface area contributed by atoms with Crippen LogP contribution in [0.1, 0.15) is 25.1 Å². The van der Waals surface area contributed by atoms with E-state index in [9.17, 15) is 4.79 Å². The Hall–Kier alpha value is -2.63. The number of H-pyrrole nitrogens is 1. The fraction of sp³-hybridized carbons (Fsp3) is 0.389. The maximum absolute atomic E-state index is 12.6. The van der Waals surface area contributed by atoms with E-state index in [-0.39, 0.29) is 11.9 Å². The molecule has 1 amide bonds. The van der Waals surface area contributed by atoms with Gasteiger partial charge in [0.25, 0.3) is 0 Å². The number of aryl methyl sites for hydroxylation is 1. The molecule has 1 fully saturated rings. The van der Waals surface area contributed by atoms with Crippen molar-refractivity contribution in [2.24, 2.45) is 0 Å². The fourth-order valence-electron chi connectivity index (χ4n) is 3.48. The summed E-state index contributed by atoms with van der Waals surface area (Å²) in [6, 6.07) is 8.24. The molecule has 3 heterocycles. The molecule has 1 N–H and O–H groups in total. The Labute approximate surface area is 140 Å². The Morgan fingerprint density at radius 2 is 2.25 bits per heavy atom. The van der Waals surface area contributed by atoms with Gasteiger partial charge in [-0.1, -0.05) is 12.1 Å². The van der Waals surface area contributed by atoms with Crippen LogP contribution in [0.2, 0.25) is 0 Å². The quantitative estimate of drug-likeness (QED) is 0.784. The lowest BCUT2D eigenvalue weighted by Crippen LogP contribution is -2.38. The Morgan fingerprint density at radius 3 is 3.08 bits per heavy atom. The minimum atomic E-state index is 0.220. The number of nitrogens with zero attached hydrogens (tertiary/aromatic N) is 4. The van der Waals surface area contributed by atoms with Gasteiger partial charge in [-0.3, -0.25) is 4.79 Å². The normalized spacial score (nSPS) is 17.7. The summed E-state index contributed by atoms with van der Waals surface area (Å²) in [5.41, 5.74) is 1.98. The van der Waals surface area contributed by atoms with Crippen LogP contribution in [0.5, 0.6) is 0 Å². The predicted molar refractivity (Wildman–Crippen MR) is 91.4 cm³/mol. The lowest BCUT2D eigenvalue weighted by molar-refractivity contribution is -0.132. The van der Waals surface area contributed by atoms with Crippen molar-refractivity contribution in [2.75, 3.05) is 6.54 Å². The number of likely N-dealkylation sites (tertiary alicyclic amines) is 1. The van der Waals surface area contributed by atoms with Crippen LogP contribution in [0.25, 0.3) is 11.0 Å². The van der Waals surface area contributed by atoms with Crippen LogP contribution < -0.4 is 0 Å². The second-order valence-corrected chi connectivity index (χ2v) is 6.34. The zero-order valence-corrected chi connectivity index (χ0v) is 13.6. The molecule has 3 aromatic rings. The molecular weight excluding hydrogens is 302 g/mol. The zero-order chi connectivity index (χ0) is 16.4. The van der Waals surface area contributed by atoms with E-state index in [1.807, 2.05) is 41.7 Å². The molecule has 0 aliphatic carbocycles. The summed E-state index contributed by atoms with van der Waals surface area (Å²) >= 11 is 0. The second-order valence-electron chi connectivity index (χ2n) is 6.34. The van der Waals surface area contributed by atoms with Gasteiger partial charge >= 0.3 is 0 Å². The van der Waals surface area contributed by atoms with Crippen LogP contribution in [-0.2, 0) is 17.8 Å². The number of aromatic nitrogens is 4. The number of carbonyl (C=O) groups is 1. The zero-order valence-electron chi connectivity index (χ0n) is 13.6. The Bertz CT molecular complexity index is 790. The Balaban J connectivity index is 1.38. The topological polar surface area (TPSA) is 66.8 Å². The van der Waals surface area contributed by atoms with Crippen LogP contribution in [0.4, 0.5) is 0 Å². The number of hydrogen-bond donors (Lipinski definition) is 1. The smallest absolute Gasteiger partial charge is 0.223 e.